The number of ether oxygens (including phenoxy) is 4. The maximum atomic E-state index is 13.2. The molecule has 1 saturated carbocycles. The van der Waals surface area contributed by atoms with Crippen molar-refractivity contribution in [2.24, 2.45) is 23.2 Å². The summed E-state index contributed by atoms with van der Waals surface area (Å²) in [5, 5.41) is 20.3. The molecule has 3 rings (SSSR count). The largest absolute Gasteiger partial charge is 0.494 e. The minimum Gasteiger partial charge on any atom is -0.494 e. The summed E-state index contributed by atoms with van der Waals surface area (Å²) in [4.78, 5) is 25.7. The molecule has 9 heteroatoms. The summed E-state index contributed by atoms with van der Waals surface area (Å²) in [7, 11) is 0.153. The van der Waals surface area contributed by atoms with E-state index < -0.39 is 26.3 Å². The molecule has 2 aromatic rings. The standard InChI is InChI=1S/C38H54O8Si/c1-26(27(2)39)17-18-33(46-37(42)28-13-10-9-11-14-28)32-24-38(3,4)23-30(32)16-12-15-29-21-31(44-19-20-47(6,7)8)22-34(45-25-43-5)35(29)36(40)41/h9-15,17-18,21-22,26-27,30,32-33,39H,16,19-20,23-25H2,1-8H3,(H,40,41)/t26-,27+,30?,32?,33?/m1/s1. The van der Waals surface area contributed by atoms with Crippen molar-refractivity contribution in [1.82, 2.24) is 0 Å². The number of carbonyl (C=O) groups is 2. The lowest BCUT2D eigenvalue weighted by molar-refractivity contribution is 0.0217. The predicted molar refractivity (Wildman–Crippen MR) is 189 cm³/mol. The normalized spacial score (nSPS) is 19.9. The Labute approximate surface area is 281 Å². The summed E-state index contributed by atoms with van der Waals surface area (Å²) in [6.07, 6.45) is 9.09. The molecule has 5 atom stereocenters. The number of benzene rings is 2. The van der Waals surface area contributed by atoms with Crippen molar-refractivity contribution in [3.8, 4) is 11.5 Å². The van der Waals surface area contributed by atoms with E-state index in [1.165, 1.54) is 7.11 Å². The van der Waals surface area contributed by atoms with Gasteiger partial charge in [0.05, 0.1) is 18.3 Å². The average molecular weight is 667 g/mol. The van der Waals surface area contributed by atoms with Crippen molar-refractivity contribution >= 4 is 26.1 Å². The molecule has 0 amide bonds. The fraction of sp³-hybridized carbons (Fsp3) is 0.526. The van der Waals surface area contributed by atoms with Crippen molar-refractivity contribution < 1.29 is 38.7 Å². The van der Waals surface area contributed by atoms with Crippen LogP contribution in [0, 0.1) is 23.2 Å². The molecule has 47 heavy (non-hydrogen) atoms. The number of hydrogen-bond acceptors (Lipinski definition) is 7. The highest BCUT2D eigenvalue weighted by molar-refractivity contribution is 6.76. The molecule has 0 aliphatic heterocycles. The second kappa shape index (κ2) is 17.1. The maximum absolute atomic E-state index is 13.2. The number of methoxy groups -OCH3 is 1. The van der Waals surface area contributed by atoms with Gasteiger partial charge in [0.2, 0.25) is 0 Å². The van der Waals surface area contributed by atoms with Gasteiger partial charge in [-0.15, -0.1) is 0 Å². The van der Waals surface area contributed by atoms with E-state index in [9.17, 15) is 19.8 Å². The number of aromatic carboxylic acids is 1. The minimum absolute atomic E-state index is 0.0157. The summed E-state index contributed by atoms with van der Waals surface area (Å²) >= 11 is 0. The molecule has 0 spiro atoms. The first-order chi connectivity index (χ1) is 22.1. The first-order valence-electron chi connectivity index (χ1n) is 16.5. The van der Waals surface area contributed by atoms with Crippen LogP contribution in [0.15, 0.2) is 60.7 Å². The van der Waals surface area contributed by atoms with Crippen LogP contribution in [0.25, 0.3) is 6.08 Å². The van der Waals surface area contributed by atoms with Crippen molar-refractivity contribution in [2.45, 2.75) is 84.9 Å². The van der Waals surface area contributed by atoms with Crippen molar-refractivity contribution in [3.05, 3.63) is 77.4 Å². The quantitative estimate of drug-likeness (QED) is 0.0750. The third-order valence-corrected chi connectivity index (χ3v) is 10.5. The molecule has 3 unspecified atom stereocenters. The van der Waals surface area contributed by atoms with Crippen molar-refractivity contribution in [2.75, 3.05) is 20.5 Å². The Morgan fingerprint density at radius 1 is 1.04 bits per heavy atom. The van der Waals surface area contributed by atoms with Crippen LogP contribution in [0.5, 0.6) is 11.5 Å². The van der Waals surface area contributed by atoms with Crippen LogP contribution in [0.4, 0.5) is 0 Å². The zero-order valence-electron chi connectivity index (χ0n) is 29.3. The van der Waals surface area contributed by atoms with E-state index >= 15 is 0 Å². The lowest BCUT2D eigenvalue weighted by atomic mass is 9.86. The number of rotatable bonds is 17. The van der Waals surface area contributed by atoms with Crippen molar-refractivity contribution in [1.29, 1.82) is 0 Å². The van der Waals surface area contributed by atoms with E-state index in [0.717, 1.165) is 18.9 Å². The molecule has 0 bridgehead atoms. The topological polar surface area (TPSA) is 112 Å². The first kappa shape index (κ1) is 38.0. The minimum atomic E-state index is -1.33. The van der Waals surface area contributed by atoms with Gasteiger partial charge < -0.3 is 29.2 Å². The van der Waals surface area contributed by atoms with E-state index in [-0.39, 0.29) is 47.2 Å². The summed E-state index contributed by atoms with van der Waals surface area (Å²) < 4.78 is 23.0. The Morgan fingerprint density at radius 3 is 2.36 bits per heavy atom. The molecule has 1 aliphatic carbocycles. The molecule has 1 fully saturated rings. The lowest BCUT2D eigenvalue weighted by Crippen LogP contribution is -2.28. The molecule has 2 aromatic carbocycles. The second-order valence-corrected chi connectivity index (χ2v) is 20.4. The molecule has 2 N–H and O–H groups in total. The highest BCUT2D eigenvalue weighted by Crippen LogP contribution is 2.49. The van der Waals surface area contributed by atoms with Crippen LogP contribution < -0.4 is 9.47 Å². The van der Waals surface area contributed by atoms with Crippen molar-refractivity contribution in [3.63, 3.8) is 0 Å². The van der Waals surface area contributed by atoms with Gasteiger partial charge in [0, 0.05) is 27.2 Å². The van der Waals surface area contributed by atoms with E-state index in [1.54, 1.807) is 31.2 Å². The fourth-order valence-corrected chi connectivity index (χ4v) is 6.72. The SMILES string of the molecule is COCOc1cc(OCC[Si](C)(C)C)cc(C=CCC2CC(C)(C)CC2C(C=C[C@@H](C)[C@H](C)O)OC(=O)c2ccccc2)c1C(=O)O. The number of carboxylic acids is 1. The highest BCUT2D eigenvalue weighted by Gasteiger charge is 2.43. The Morgan fingerprint density at radius 2 is 1.74 bits per heavy atom. The maximum Gasteiger partial charge on any atom is 0.340 e. The van der Waals surface area contributed by atoms with E-state index in [0.29, 0.717) is 29.9 Å². The van der Waals surface area contributed by atoms with Gasteiger partial charge in [-0.3, -0.25) is 0 Å². The van der Waals surface area contributed by atoms with Crippen LogP contribution >= 0.6 is 0 Å². The smallest absolute Gasteiger partial charge is 0.340 e. The number of allylic oxidation sites excluding steroid dienone is 1. The summed E-state index contributed by atoms with van der Waals surface area (Å²) in [5.41, 5.74) is 1.04. The molecule has 0 radical (unpaired) electrons. The van der Waals surface area contributed by atoms with Gasteiger partial charge in [0.15, 0.2) is 6.79 Å². The Kier molecular flexibility index (Phi) is 13.9. The van der Waals surface area contributed by atoms with Gasteiger partial charge in [-0.1, -0.05) is 76.8 Å². The van der Waals surface area contributed by atoms with Crippen LogP contribution in [-0.2, 0) is 9.47 Å². The summed E-state index contributed by atoms with van der Waals surface area (Å²) in [6, 6.07) is 13.3. The van der Waals surface area contributed by atoms with E-state index in [1.807, 2.05) is 49.4 Å². The third-order valence-electron chi connectivity index (χ3n) is 8.76. The first-order valence-corrected chi connectivity index (χ1v) is 20.3. The van der Waals surface area contributed by atoms with Crippen LogP contribution in [-0.4, -0.2) is 62.9 Å². The number of carbonyl (C=O) groups excluding carboxylic acids is 1. The third kappa shape index (κ3) is 12.0. The molecule has 258 valence electrons. The molecule has 0 aromatic heterocycles. The van der Waals surface area contributed by atoms with Gasteiger partial charge in [-0.2, -0.15) is 0 Å². The van der Waals surface area contributed by atoms with Crippen LogP contribution in [0.2, 0.25) is 25.7 Å². The fourth-order valence-electron chi connectivity index (χ4n) is 6.01. The number of hydrogen-bond donors (Lipinski definition) is 2. The Hall–Kier alpha value is -3.40. The predicted octanol–water partition coefficient (Wildman–Crippen LogP) is 8.34. The number of carboxylic acid groups (broad SMARTS) is 1. The highest BCUT2D eigenvalue weighted by atomic mass is 28.3. The summed E-state index contributed by atoms with van der Waals surface area (Å²) in [6.45, 7) is 15.4. The monoisotopic (exact) mass is 666 g/mol. The summed E-state index contributed by atoms with van der Waals surface area (Å²) in [5.74, 6) is -0.673. The number of aliphatic hydroxyl groups excluding tert-OH is 1. The molecular weight excluding hydrogens is 612 g/mol. The molecular formula is C38H54O8Si. The molecule has 1 aliphatic rings. The molecule has 0 heterocycles. The van der Waals surface area contributed by atoms with E-state index in [4.69, 9.17) is 18.9 Å². The zero-order valence-corrected chi connectivity index (χ0v) is 30.3. The molecule has 0 saturated heterocycles. The van der Waals surface area contributed by atoms with E-state index in [2.05, 4.69) is 33.5 Å². The van der Waals surface area contributed by atoms with Gasteiger partial charge in [0.25, 0.3) is 0 Å². The number of esters is 1. The Bertz CT molecular complexity index is 1380. The van der Waals surface area contributed by atoms with Gasteiger partial charge in [-0.25, -0.2) is 9.59 Å². The average Bonchev–Trinajstić information content (AvgIpc) is 3.31. The van der Waals surface area contributed by atoms with Gasteiger partial charge in [-0.05, 0) is 79.3 Å². The van der Waals surface area contributed by atoms with Crippen LogP contribution in [0.3, 0.4) is 0 Å². The molecule has 8 nitrogen and oxygen atoms in total. The van der Waals surface area contributed by atoms with Gasteiger partial charge in [0.1, 0.15) is 23.2 Å². The number of aliphatic hydroxyl groups is 1. The second-order valence-electron chi connectivity index (χ2n) is 14.8. The lowest BCUT2D eigenvalue weighted by Gasteiger charge is -2.27. The Balaban J connectivity index is 1.93. The van der Waals surface area contributed by atoms with Gasteiger partial charge >= 0.3 is 11.9 Å². The zero-order chi connectivity index (χ0) is 34.8. The van der Waals surface area contributed by atoms with Crippen LogP contribution in [0.1, 0.15) is 73.2 Å².